The van der Waals surface area contributed by atoms with Crippen molar-refractivity contribution in [3.05, 3.63) is 12.7 Å². The first-order valence-electron chi connectivity index (χ1n) is 3.32. The number of nitrogens with one attached hydrogen (secondary N) is 1. The summed E-state index contributed by atoms with van der Waals surface area (Å²) in [6.07, 6.45) is 1.25. The molecule has 0 saturated carbocycles. The van der Waals surface area contributed by atoms with Gasteiger partial charge in [0, 0.05) is 6.54 Å². The summed E-state index contributed by atoms with van der Waals surface area (Å²) >= 11 is 0. The Bertz CT molecular complexity index is 86.2. The average molecular weight is 161 g/mol. The van der Waals surface area contributed by atoms with E-state index >= 15 is 0 Å². The summed E-state index contributed by atoms with van der Waals surface area (Å²) in [7, 11) is 1.79. The molecule has 2 N–H and O–H groups in total. The minimum atomic E-state index is -0.412. The molecule has 0 spiro atoms. The summed E-state index contributed by atoms with van der Waals surface area (Å²) in [6.45, 7) is 4.92. The Kier molecular flexibility index (Phi) is 11.6. The number of likely N-dealkylation sites (N-methyl/N-ethyl adjacent to an activating group) is 1. The van der Waals surface area contributed by atoms with Crippen molar-refractivity contribution < 1.29 is 9.84 Å². The monoisotopic (exact) mass is 161 g/mol. The fraction of sp³-hybridized carbons (Fsp3) is 0.750. The first kappa shape index (κ1) is 13.2. The lowest BCUT2D eigenvalue weighted by molar-refractivity contribution is 0.0506. The van der Waals surface area contributed by atoms with E-state index in [4.69, 9.17) is 9.84 Å². The second-order valence-electron chi connectivity index (χ2n) is 2.04. The van der Waals surface area contributed by atoms with E-state index in [9.17, 15) is 0 Å². The van der Waals surface area contributed by atoms with Crippen molar-refractivity contribution >= 4 is 0 Å². The van der Waals surface area contributed by atoms with Crippen LogP contribution in [0.2, 0.25) is 0 Å². The number of aliphatic hydroxyl groups excluding tert-OH is 1. The molecular weight excluding hydrogens is 142 g/mol. The van der Waals surface area contributed by atoms with Crippen LogP contribution in [0.5, 0.6) is 0 Å². The van der Waals surface area contributed by atoms with Gasteiger partial charge in [-0.25, -0.2) is 0 Å². The number of ether oxygens (including phenoxy) is 1. The normalized spacial score (nSPS) is 11.8. The molecule has 1 atom stereocenters. The molecule has 3 heteroatoms. The molecule has 0 aliphatic heterocycles. The number of aliphatic hydroxyl groups is 1. The zero-order chi connectivity index (χ0) is 7.82. The van der Waals surface area contributed by atoms with Crippen LogP contribution in [0.25, 0.3) is 0 Å². The van der Waals surface area contributed by atoms with Crippen LogP contribution in [0, 0.1) is 0 Å². The van der Waals surface area contributed by atoms with Gasteiger partial charge in [0.1, 0.15) is 0 Å². The molecule has 0 aromatic rings. The summed E-state index contributed by atoms with van der Waals surface area (Å²) in [5.41, 5.74) is 0. The van der Waals surface area contributed by atoms with Gasteiger partial charge in [-0.1, -0.05) is 13.5 Å². The maximum Gasteiger partial charge on any atom is 0.0897 e. The summed E-state index contributed by atoms with van der Waals surface area (Å²) in [5, 5.41) is 11.9. The van der Waals surface area contributed by atoms with E-state index in [0.717, 1.165) is 0 Å². The Balaban J connectivity index is 0. The Hall–Kier alpha value is -0.380. The van der Waals surface area contributed by atoms with Crippen molar-refractivity contribution in [1.29, 1.82) is 0 Å². The maximum absolute atomic E-state index is 9.05. The number of rotatable bonds is 6. The molecule has 0 saturated heterocycles. The van der Waals surface area contributed by atoms with Crippen LogP contribution in [0.15, 0.2) is 12.7 Å². The molecule has 68 valence electrons. The molecular formula is C8H19NO2. The van der Waals surface area contributed by atoms with Crippen molar-refractivity contribution in [2.45, 2.75) is 13.5 Å². The lowest BCUT2D eigenvalue weighted by Crippen LogP contribution is -2.27. The third-order valence-electron chi connectivity index (χ3n) is 0.986. The SMILES string of the molecule is C.C=CCOCC(O)CNC. The molecule has 0 aliphatic carbocycles. The van der Waals surface area contributed by atoms with E-state index in [1.807, 2.05) is 0 Å². The van der Waals surface area contributed by atoms with Crippen LogP contribution in [-0.4, -0.2) is 38.0 Å². The molecule has 0 aromatic carbocycles. The molecule has 0 aliphatic rings. The molecule has 11 heavy (non-hydrogen) atoms. The zero-order valence-electron chi connectivity index (χ0n) is 6.34. The van der Waals surface area contributed by atoms with Gasteiger partial charge in [0.25, 0.3) is 0 Å². The van der Waals surface area contributed by atoms with Gasteiger partial charge in [-0.2, -0.15) is 0 Å². The summed E-state index contributed by atoms with van der Waals surface area (Å²) in [4.78, 5) is 0. The third-order valence-corrected chi connectivity index (χ3v) is 0.986. The predicted molar refractivity (Wildman–Crippen MR) is 47.7 cm³/mol. The second kappa shape index (κ2) is 9.62. The van der Waals surface area contributed by atoms with Crippen LogP contribution in [0.3, 0.4) is 0 Å². The minimum Gasteiger partial charge on any atom is -0.389 e. The van der Waals surface area contributed by atoms with Gasteiger partial charge in [0.05, 0.1) is 19.3 Å². The van der Waals surface area contributed by atoms with Gasteiger partial charge in [-0.3, -0.25) is 0 Å². The molecule has 0 radical (unpaired) electrons. The highest BCUT2D eigenvalue weighted by Crippen LogP contribution is 1.82. The van der Waals surface area contributed by atoms with Gasteiger partial charge in [-0.15, -0.1) is 6.58 Å². The highest BCUT2D eigenvalue weighted by atomic mass is 16.5. The fourth-order valence-electron chi connectivity index (χ4n) is 0.582. The number of hydrogen-bond donors (Lipinski definition) is 2. The van der Waals surface area contributed by atoms with Gasteiger partial charge < -0.3 is 15.2 Å². The standard InChI is InChI=1S/C7H15NO2.CH4/c1-3-4-10-6-7(9)5-8-2;/h3,7-9H,1,4-6H2,2H3;1H4. The largest absolute Gasteiger partial charge is 0.389 e. The van der Waals surface area contributed by atoms with Gasteiger partial charge in [0.2, 0.25) is 0 Å². The lowest BCUT2D eigenvalue weighted by atomic mass is 10.4. The van der Waals surface area contributed by atoms with E-state index in [0.29, 0.717) is 19.8 Å². The summed E-state index contributed by atoms with van der Waals surface area (Å²) < 4.78 is 4.99. The second-order valence-corrected chi connectivity index (χ2v) is 2.04. The Labute approximate surface area is 69.1 Å². The maximum atomic E-state index is 9.05. The fourth-order valence-corrected chi connectivity index (χ4v) is 0.582. The minimum absolute atomic E-state index is 0. The van der Waals surface area contributed by atoms with E-state index in [1.165, 1.54) is 0 Å². The van der Waals surface area contributed by atoms with Crippen molar-refractivity contribution in [3.63, 3.8) is 0 Å². The van der Waals surface area contributed by atoms with Gasteiger partial charge in [0.15, 0.2) is 0 Å². The quantitative estimate of drug-likeness (QED) is 0.438. The molecule has 0 fully saturated rings. The van der Waals surface area contributed by atoms with Crippen LogP contribution < -0.4 is 5.32 Å². The topological polar surface area (TPSA) is 41.5 Å². The van der Waals surface area contributed by atoms with Crippen molar-refractivity contribution in [3.8, 4) is 0 Å². The highest BCUT2D eigenvalue weighted by molar-refractivity contribution is 4.65. The van der Waals surface area contributed by atoms with Gasteiger partial charge >= 0.3 is 0 Å². The Morgan fingerprint density at radius 3 is 2.82 bits per heavy atom. The van der Waals surface area contributed by atoms with Crippen LogP contribution in [-0.2, 0) is 4.74 Å². The molecule has 0 heterocycles. The van der Waals surface area contributed by atoms with Gasteiger partial charge in [-0.05, 0) is 7.05 Å². The Morgan fingerprint density at radius 2 is 2.36 bits per heavy atom. The molecule has 0 rings (SSSR count). The molecule has 0 amide bonds. The molecule has 1 unspecified atom stereocenters. The van der Waals surface area contributed by atoms with E-state index < -0.39 is 6.10 Å². The molecule has 3 nitrogen and oxygen atoms in total. The summed E-state index contributed by atoms with van der Waals surface area (Å²) in [5.74, 6) is 0. The van der Waals surface area contributed by atoms with E-state index in [-0.39, 0.29) is 7.43 Å². The molecule has 0 aromatic heterocycles. The lowest BCUT2D eigenvalue weighted by Gasteiger charge is -2.08. The van der Waals surface area contributed by atoms with Crippen molar-refractivity contribution in [1.82, 2.24) is 5.32 Å². The number of hydrogen-bond acceptors (Lipinski definition) is 3. The average Bonchev–Trinajstić information content (AvgIpc) is 1.89. The zero-order valence-corrected chi connectivity index (χ0v) is 6.34. The first-order valence-corrected chi connectivity index (χ1v) is 3.32. The van der Waals surface area contributed by atoms with Crippen molar-refractivity contribution in [2.75, 3.05) is 26.8 Å². The first-order chi connectivity index (χ1) is 4.81. The van der Waals surface area contributed by atoms with Crippen molar-refractivity contribution in [2.24, 2.45) is 0 Å². The van der Waals surface area contributed by atoms with E-state index in [2.05, 4.69) is 11.9 Å². The van der Waals surface area contributed by atoms with Crippen LogP contribution in [0.4, 0.5) is 0 Å². The third kappa shape index (κ3) is 9.62. The van der Waals surface area contributed by atoms with Crippen LogP contribution >= 0.6 is 0 Å². The smallest absolute Gasteiger partial charge is 0.0897 e. The Morgan fingerprint density at radius 1 is 1.73 bits per heavy atom. The predicted octanol–water partition coefficient (Wildman–Crippen LogP) is 0.405. The van der Waals surface area contributed by atoms with E-state index in [1.54, 1.807) is 13.1 Å². The highest BCUT2D eigenvalue weighted by Gasteiger charge is 1.99. The van der Waals surface area contributed by atoms with Crippen LogP contribution in [0.1, 0.15) is 7.43 Å². The molecule has 0 bridgehead atoms. The summed E-state index contributed by atoms with van der Waals surface area (Å²) in [6, 6.07) is 0.